The maximum atomic E-state index is 11.6. The summed E-state index contributed by atoms with van der Waals surface area (Å²) >= 11 is 0. The lowest BCUT2D eigenvalue weighted by atomic mass is 10.1. The second-order valence-electron chi connectivity index (χ2n) is 3.61. The molecule has 0 radical (unpaired) electrons. The van der Waals surface area contributed by atoms with Gasteiger partial charge < -0.3 is 5.73 Å². The molecular formula is C13H14N2O. The van der Waals surface area contributed by atoms with Crippen LogP contribution in [-0.4, -0.2) is 11.1 Å². The van der Waals surface area contributed by atoms with Gasteiger partial charge in [-0.25, -0.2) is 0 Å². The van der Waals surface area contributed by atoms with Gasteiger partial charge in [-0.3, -0.25) is 9.36 Å². The van der Waals surface area contributed by atoms with Crippen molar-refractivity contribution in [2.45, 2.75) is 6.42 Å². The number of benzene rings is 1. The van der Waals surface area contributed by atoms with Gasteiger partial charge >= 0.3 is 0 Å². The first-order chi connectivity index (χ1) is 7.81. The predicted molar refractivity (Wildman–Crippen MR) is 64.8 cm³/mol. The van der Waals surface area contributed by atoms with E-state index in [1.165, 1.54) is 5.56 Å². The van der Waals surface area contributed by atoms with Crippen LogP contribution in [-0.2, 0) is 6.42 Å². The van der Waals surface area contributed by atoms with E-state index in [0.717, 1.165) is 12.1 Å². The van der Waals surface area contributed by atoms with Crippen molar-refractivity contribution >= 4 is 0 Å². The van der Waals surface area contributed by atoms with Gasteiger partial charge in [-0.05, 0) is 36.7 Å². The molecule has 0 aliphatic rings. The molecule has 0 amide bonds. The zero-order valence-corrected chi connectivity index (χ0v) is 8.97. The molecule has 0 atom stereocenters. The predicted octanol–water partition coefficient (Wildman–Crippen LogP) is 1.34. The molecular weight excluding hydrogens is 200 g/mol. The smallest absolute Gasteiger partial charge is 0.255 e. The molecule has 0 bridgehead atoms. The Morgan fingerprint density at radius 3 is 2.44 bits per heavy atom. The molecule has 82 valence electrons. The zero-order chi connectivity index (χ0) is 11.4. The highest BCUT2D eigenvalue weighted by molar-refractivity contribution is 5.35. The van der Waals surface area contributed by atoms with Crippen LogP contribution in [0.3, 0.4) is 0 Å². The zero-order valence-electron chi connectivity index (χ0n) is 8.97. The van der Waals surface area contributed by atoms with E-state index >= 15 is 0 Å². The Kier molecular flexibility index (Phi) is 3.17. The fourth-order valence-electron chi connectivity index (χ4n) is 1.63. The SMILES string of the molecule is NCCc1ccc(-n2ccccc2=O)cc1. The van der Waals surface area contributed by atoms with Crippen LogP contribution >= 0.6 is 0 Å². The van der Waals surface area contributed by atoms with E-state index in [-0.39, 0.29) is 5.56 Å². The quantitative estimate of drug-likeness (QED) is 0.838. The van der Waals surface area contributed by atoms with Gasteiger partial charge in [0.2, 0.25) is 0 Å². The van der Waals surface area contributed by atoms with E-state index in [0.29, 0.717) is 6.54 Å². The van der Waals surface area contributed by atoms with Crippen molar-refractivity contribution in [3.63, 3.8) is 0 Å². The molecule has 1 aromatic heterocycles. The minimum atomic E-state index is -0.0194. The summed E-state index contributed by atoms with van der Waals surface area (Å²) in [5.41, 5.74) is 7.53. The van der Waals surface area contributed by atoms with E-state index in [1.807, 2.05) is 30.3 Å². The van der Waals surface area contributed by atoms with Gasteiger partial charge in [-0.2, -0.15) is 0 Å². The normalized spacial score (nSPS) is 10.3. The van der Waals surface area contributed by atoms with Crippen LogP contribution < -0.4 is 11.3 Å². The number of pyridine rings is 1. The Hall–Kier alpha value is -1.87. The van der Waals surface area contributed by atoms with Crippen LogP contribution in [0, 0.1) is 0 Å². The lowest BCUT2D eigenvalue weighted by molar-refractivity contribution is 0.957. The summed E-state index contributed by atoms with van der Waals surface area (Å²) < 4.78 is 1.62. The Morgan fingerprint density at radius 2 is 1.81 bits per heavy atom. The highest BCUT2D eigenvalue weighted by Crippen LogP contribution is 2.07. The fourth-order valence-corrected chi connectivity index (χ4v) is 1.63. The third kappa shape index (κ3) is 2.20. The van der Waals surface area contributed by atoms with Gasteiger partial charge in [0.1, 0.15) is 0 Å². The molecule has 16 heavy (non-hydrogen) atoms. The minimum absolute atomic E-state index is 0.0194. The first-order valence-electron chi connectivity index (χ1n) is 5.28. The number of hydrogen-bond donors (Lipinski definition) is 1. The molecule has 0 saturated heterocycles. The second kappa shape index (κ2) is 4.77. The van der Waals surface area contributed by atoms with Crippen LogP contribution in [0.25, 0.3) is 5.69 Å². The third-order valence-electron chi connectivity index (χ3n) is 2.47. The maximum Gasteiger partial charge on any atom is 0.255 e. The number of nitrogens with two attached hydrogens (primary N) is 1. The van der Waals surface area contributed by atoms with Crippen LogP contribution in [0.4, 0.5) is 0 Å². The molecule has 3 nitrogen and oxygen atoms in total. The summed E-state index contributed by atoms with van der Waals surface area (Å²) in [6, 6.07) is 13.0. The molecule has 1 aromatic carbocycles. The molecule has 0 unspecified atom stereocenters. The van der Waals surface area contributed by atoms with Gasteiger partial charge in [-0.15, -0.1) is 0 Å². The lowest BCUT2D eigenvalue weighted by Crippen LogP contribution is -2.15. The maximum absolute atomic E-state index is 11.6. The van der Waals surface area contributed by atoms with E-state index in [1.54, 1.807) is 22.9 Å². The van der Waals surface area contributed by atoms with E-state index in [2.05, 4.69) is 0 Å². The fraction of sp³-hybridized carbons (Fsp3) is 0.154. The molecule has 0 aliphatic heterocycles. The van der Waals surface area contributed by atoms with E-state index in [9.17, 15) is 4.79 Å². The van der Waals surface area contributed by atoms with Crippen LogP contribution in [0.1, 0.15) is 5.56 Å². The Labute approximate surface area is 94.1 Å². The topological polar surface area (TPSA) is 48.0 Å². The molecule has 0 fully saturated rings. The first kappa shape index (κ1) is 10.6. The van der Waals surface area contributed by atoms with Crippen LogP contribution in [0.2, 0.25) is 0 Å². The first-order valence-corrected chi connectivity index (χ1v) is 5.28. The van der Waals surface area contributed by atoms with Crippen LogP contribution in [0.5, 0.6) is 0 Å². The summed E-state index contributed by atoms with van der Waals surface area (Å²) in [6.45, 7) is 0.643. The lowest BCUT2D eigenvalue weighted by Gasteiger charge is -2.05. The highest BCUT2D eigenvalue weighted by Gasteiger charge is 1.97. The standard InChI is InChI=1S/C13H14N2O/c14-9-8-11-4-6-12(7-5-11)15-10-2-1-3-13(15)16/h1-7,10H,8-9,14H2. The molecule has 0 spiro atoms. The van der Waals surface area contributed by atoms with Gasteiger partial charge in [0, 0.05) is 18.0 Å². The third-order valence-corrected chi connectivity index (χ3v) is 2.47. The summed E-state index contributed by atoms with van der Waals surface area (Å²) in [5, 5.41) is 0. The van der Waals surface area contributed by atoms with Gasteiger partial charge in [0.25, 0.3) is 5.56 Å². The van der Waals surface area contributed by atoms with Crippen molar-refractivity contribution < 1.29 is 0 Å². The van der Waals surface area contributed by atoms with Gasteiger partial charge in [0.05, 0.1) is 0 Å². The molecule has 0 aliphatic carbocycles. The van der Waals surface area contributed by atoms with Crippen molar-refractivity contribution in [3.8, 4) is 5.69 Å². The minimum Gasteiger partial charge on any atom is -0.330 e. The molecule has 3 heteroatoms. The molecule has 2 aromatic rings. The molecule has 2 rings (SSSR count). The summed E-state index contributed by atoms with van der Waals surface area (Å²) in [7, 11) is 0. The van der Waals surface area contributed by atoms with Crippen molar-refractivity contribution in [2.24, 2.45) is 5.73 Å². The van der Waals surface area contributed by atoms with Crippen molar-refractivity contribution in [1.29, 1.82) is 0 Å². The summed E-state index contributed by atoms with van der Waals surface area (Å²) in [6.07, 6.45) is 2.63. The largest absolute Gasteiger partial charge is 0.330 e. The number of nitrogens with zero attached hydrogens (tertiary/aromatic N) is 1. The summed E-state index contributed by atoms with van der Waals surface area (Å²) in [5.74, 6) is 0. The van der Waals surface area contributed by atoms with Crippen molar-refractivity contribution in [1.82, 2.24) is 4.57 Å². The average Bonchev–Trinajstić information content (AvgIpc) is 2.31. The molecule has 1 heterocycles. The number of aromatic nitrogens is 1. The Bertz CT molecular complexity index is 514. The number of rotatable bonds is 3. The molecule has 2 N–H and O–H groups in total. The number of hydrogen-bond acceptors (Lipinski definition) is 2. The molecule has 0 saturated carbocycles. The van der Waals surface area contributed by atoms with Gasteiger partial charge in [-0.1, -0.05) is 18.2 Å². The monoisotopic (exact) mass is 214 g/mol. The Morgan fingerprint density at radius 1 is 1.06 bits per heavy atom. The highest BCUT2D eigenvalue weighted by atomic mass is 16.1. The van der Waals surface area contributed by atoms with E-state index in [4.69, 9.17) is 5.73 Å². The average molecular weight is 214 g/mol. The van der Waals surface area contributed by atoms with Crippen molar-refractivity contribution in [3.05, 3.63) is 64.6 Å². The van der Waals surface area contributed by atoms with Crippen LogP contribution in [0.15, 0.2) is 53.5 Å². The van der Waals surface area contributed by atoms with E-state index < -0.39 is 0 Å². The Balaban J connectivity index is 2.35. The van der Waals surface area contributed by atoms with Gasteiger partial charge in [0.15, 0.2) is 0 Å². The second-order valence-corrected chi connectivity index (χ2v) is 3.61. The van der Waals surface area contributed by atoms with Crippen molar-refractivity contribution in [2.75, 3.05) is 6.54 Å². The summed E-state index contributed by atoms with van der Waals surface area (Å²) in [4.78, 5) is 11.6.